The van der Waals surface area contributed by atoms with Crippen molar-refractivity contribution < 1.29 is 19.1 Å². The number of carbonyl (C=O) groups excluding carboxylic acids is 2. The van der Waals surface area contributed by atoms with Gasteiger partial charge in [-0.2, -0.15) is 0 Å². The fourth-order valence-corrected chi connectivity index (χ4v) is 4.03. The summed E-state index contributed by atoms with van der Waals surface area (Å²) in [5, 5.41) is 0. The maximum absolute atomic E-state index is 13.4. The third kappa shape index (κ3) is 7.91. The Bertz CT molecular complexity index is 1390. The Kier molecular flexibility index (Phi) is 9.03. The molecule has 0 unspecified atom stereocenters. The molecule has 0 radical (unpaired) electrons. The van der Waals surface area contributed by atoms with E-state index in [1.165, 1.54) is 0 Å². The van der Waals surface area contributed by atoms with Crippen LogP contribution in [-0.2, 0) is 9.47 Å². The van der Waals surface area contributed by atoms with Crippen LogP contribution in [0.4, 0.5) is 0 Å². The van der Waals surface area contributed by atoms with Gasteiger partial charge in [-0.3, -0.25) is 19.9 Å². The van der Waals surface area contributed by atoms with E-state index in [0.717, 1.165) is 0 Å². The molecule has 2 aromatic carbocycles. The zero-order valence-electron chi connectivity index (χ0n) is 25.0. The summed E-state index contributed by atoms with van der Waals surface area (Å²) in [6, 6.07) is 14.5. The van der Waals surface area contributed by atoms with Gasteiger partial charge in [0.2, 0.25) is 0 Å². The zero-order valence-corrected chi connectivity index (χ0v) is 25.0. The fourth-order valence-electron chi connectivity index (χ4n) is 4.03. The summed E-state index contributed by atoms with van der Waals surface area (Å²) in [4.78, 5) is 45.9. The van der Waals surface area contributed by atoms with Crippen molar-refractivity contribution in [1.29, 1.82) is 0 Å². The van der Waals surface area contributed by atoms with Gasteiger partial charge in [0, 0.05) is 0 Å². The number of aryl methyl sites for hydroxylation is 4. The predicted octanol–water partition coefficient (Wildman–Crippen LogP) is 6.97. The minimum absolute atomic E-state index is 0.249. The first-order valence-electron chi connectivity index (χ1n) is 13.2. The number of aromatic nitrogens is 4. The summed E-state index contributed by atoms with van der Waals surface area (Å²) < 4.78 is 11.5. The van der Waals surface area contributed by atoms with E-state index < -0.39 is 23.1 Å². The number of hydrogen-bond acceptors (Lipinski definition) is 8. The molecule has 0 amide bonds. The number of rotatable bonds is 2. The van der Waals surface area contributed by atoms with Gasteiger partial charge >= 0.3 is 11.9 Å². The highest BCUT2D eigenvalue weighted by molar-refractivity contribution is 5.93. The molecule has 0 atom stereocenters. The number of nitrogens with zero attached hydrogens (tertiary/aromatic N) is 4. The molecule has 1 heterocycles. The Morgan fingerprint density at radius 3 is 0.925 bits per heavy atom. The largest absolute Gasteiger partial charge is 0.456 e. The molecule has 0 N–H and O–H groups in total. The van der Waals surface area contributed by atoms with Crippen molar-refractivity contribution >= 4 is 34.0 Å². The van der Waals surface area contributed by atoms with E-state index in [0.29, 0.717) is 44.8 Å². The molecule has 0 bridgehead atoms. The molecule has 8 nitrogen and oxygen atoms in total. The number of hydrogen-bond donors (Lipinski definition) is 0. The Balaban J connectivity index is 2.61. The highest BCUT2D eigenvalue weighted by Crippen LogP contribution is 2.20. The first-order chi connectivity index (χ1) is 18.6. The molecule has 0 aliphatic rings. The van der Waals surface area contributed by atoms with Gasteiger partial charge < -0.3 is 9.47 Å². The maximum Gasteiger partial charge on any atom is 0.342 e. The normalized spacial score (nSPS) is 11.4. The van der Waals surface area contributed by atoms with Gasteiger partial charge in [0.1, 0.15) is 22.3 Å². The second-order valence-corrected chi connectivity index (χ2v) is 11.5. The predicted molar refractivity (Wildman–Crippen MR) is 157 cm³/mol. The lowest BCUT2D eigenvalue weighted by molar-refractivity contribution is 0.00542. The second kappa shape index (κ2) is 11.9. The minimum atomic E-state index is -0.712. The van der Waals surface area contributed by atoms with E-state index in [1.807, 2.05) is 65.8 Å². The van der Waals surface area contributed by atoms with Crippen LogP contribution in [0.25, 0.3) is 22.1 Å². The van der Waals surface area contributed by atoms with Gasteiger partial charge in [-0.05, 0) is 93.5 Å². The lowest BCUT2D eigenvalue weighted by Gasteiger charge is -2.20. The van der Waals surface area contributed by atoms with E-state index in [-0.39, 0.29) is 11.1 Å². The van der Waals surface area contributed by atoms with E-state index in [4.69, 9.17) is 29.4 Å². The highest BCUT2D eigenvalue weighted by atomic mass is 16.6. The van der Waals surface area contributed by atoms with Crippen molar-refractivity contribution in [2.24, 2.45) is 0 Å². The fraction of sp³-hybridized carbons (Fsp3) is 0.375. The summed E-state index contributed by atoms with van der Waals surface area (Å²) >= 11 is 0. The Morgan fingerprint density at radius 2 is 0.725 bits per heavy atom. The highest BCUT2D eigenvalue weighted by Gasteiger charge is 2.23. The van der Waals surface area contributed by atoms with Gasteiger partial charge in [-0.25, -0.2) is 9.59 Å². The van der Waals surface area contributed by atoms with Crippen molar-refractivity contribution in [3.8, 4) is 0 Å². The Hall–Kier alpha value is -4.20. The van der Waals surface area contributed by atoms with Gasteiger partial charge in [0.05, 0.1) is 44.8 Å². The number of carbonyl (C=O) groups is 2. The third-order valence-corrected chi connectivity index (χ3v) is 5.57. The summed E-state index contributed by atoms with van der Waals surface area (Å²) in [6.45, 7) is 17.8. The van der Waals surface area contributed by atoms with Crippen LogP contribution < -0.4 is 0 Å². The molecule has 3 rings (SSSR count). The average molecular weight is 543 g/mol. The minimum Gasteiger partial charge on any atom is -0.456 e. The van der Waals surface area contributed by atoms with E-state index in [9.17, 15) is 9.59 Å². The number of benzene rings is 2. The van der Waals surface area contributed by atoms with Gasteiger partial charge in [0.15, 0.2) is 0 Å². The van der Waals surface area contributed by atoms with E-state index in [2.05, 4.69) is 0 Å². The molecule has 3 aromatic rings. The summed E-state index contributed by atoms with van der Waals surface area (Å²) in [5.74, 6) is -1.06. The van der Waals surface area contributed by atoms with Crippen LogP contribution in [0.15, 0.2) is 48.5 Å². The molecule has 0 aliphatic carbocycles. The molecule has 40 heavy (non-hydrogen) atoms. The van der Waals surface area contributed by atoms with Gasteiger partial charge in [-0.15, -0.1) is 0 Å². The Morgan fingerprint density at radius 1 is 0.500 bits per heavy atom. The number of fused-ring (bicyclic) bond motifs is 2. The monoisotopic (exact) mass is 542 g/mol. The van der Waals surface area contributed by atoms with Crippen LogP contribution in [0.1, 0.15) is 85.0 Å². The molecule has 0 fully saturated rings. The van der Waals surface area contributed by atoms with Crippen molar-refractivity contribution in [2.45, 2.75) is 80.4 Å². The number of para-hydroxylation sites is 4. The molecule has 8 heteroatoms. The number of esters is 2. The van der Waals surface area contributed by atoms with Crippen molar-refractivity contribution in [3.05, 3.63) is 82.4 Å². The summed E-state index contributed by atoms with van der Waals surface area (Å²) in [5.41, 5.74) is 2.82. The SMILES string of the molecule is Cc1nc2ccccc2nc(C)c(C(=O)OC(C)(C)C)c(C)nc2ccccc2nc(C)c1C(=O)OC(C)(C)C. The molecule has 0 saturated heterocycles. The molecular weight excluding hydrogens is 504 g/mol. The second-order valence-electron chi connectivity index (χ2n) is 11.5. The molecule has 210 valence electrons. The van der Waals surface area contributed by atoms with Crippen LogP contribution in [0.5, 0.6) is 0 Å². The van der Waals surface area contributed by atoms with E-state index >= 15 is 0 Å². The van der Waals surface area contributed by atoms with E-state index in [1.54, 1.807) is 52.0 Å². The van der Waals surface area contributed by atoms with Crippen LogP contribution in [0, 0.1) is 27.7 Å². The lowest BCUT2D eigenvalue weighted by atomic mass is 10.1. The topological polar surface area (TPSA) is 104 Å². The smallest absolute Gasteiger partial charge is 0.342 e. The maximum atomic E-state index is 13.4. The molecular formula is C32H38N4O4. The summed E-state index contributed by atoms with van der Waals surface area (Å²) in [6.07, 6.45) is 0. The van der Waals surface area contributed by atoms with Crippen LogP contribution in [-0.4, -0.2) is 43.1 Å². The standard InChI is InChI=1S/C32H38N4O4/c1-19-27(29(37)39-31(5,6)7)20(2)34-25-17-13-14-18-26(25)36-22(4)28(30(38)40-32(8,9)10)21(3)35-24-16-12-11-15-23(24)33-19/h11-18H,1-10H3. The van der Waals surface area contributed by atoms with Crippen molar-refractivity contribution in [1.82, 2.24) is 19.9 Å². The lowest BCUT2D eigenvalue weighted by Crippen LogP contribution is -2.25. The van der Waals surface area contributed by atoms with Gasteiger partial charge in [0.25, 0.3) is 0 Å². The quantitative estimate of drug-likeness (QED) is 0.320. The average Bonchev–Trinajstić information content (AvgIpc) is 2.79. The van der Waals surface area contributed by atoms with Crippen LogP contribution in [0.3, 0.4) is 0 Å². The van der Waals surface area contributed by atoms with Crippen LogP contribution in [0.2, 0.25) is 0 Å². The first kappa shape index (κ1) is 30.3. The molecule has 1 aromatic heterocycles. The molecule has 0 saturated carbocycles. The zero-order chi connectivity index (χ0) is 29.8. The molecule has 0 aliphatic heterocycles. The van der Waals surface area contributed by atoms with Gasteiger partial charge in [-0.1, -0.05) is 24.3 Å². The Labute approximate surface area is 235 Å². The van der Waals surface area contributed by atoms with Crippen molar-refractivity contribution in [3.63, 3.8) is 0 Å². The van der Waals surface area contributed by atoms with Crippen molar-refractivity contribution in [2.75, 3.05) is 0 Å². The molecule has 0 spiro atoms. The van der Waals surface area contributed by atoms with Crippen LogP contribution >= 0.6 is 0 Å². The summed E-state index contributed by atoms with van der Waals surface area (Å²) in [7, 11) is 0. The third-order valence-electron chi connectivity index (χ3n) is 5.57. The first-order valence-corrected chi connectivity index (χ1v) is 13.2. The number of ether oxygens (including phenoxy) is 2.